The van der Waals surface area contributed by atoms with E-state index in [2.05, 4.69) is 42.0 Å². The SMILES string of the molecule is [As]c1nc(-c2nc3ccccc3o2)nc2cnn(-c3cnn(C4CCOCC4)c3)c12. The van der Waals surface area contributed by atoms with E-state index in [4.69, 9.17) is 9.15 Å². The van der Waals surface area contributed by atoms with Gasteiger partial charge in [0.25, 0.3) is 0 Å². The van der Waals surface area contributed by atoms with Crippen LogP contribution in [0.5, 0.6) is 0 Å². The molecule has 0 saturated carbocycles. The predicted molar refractivity (Wildman–Crippen MR) is 110 cm³/mol. The van der Waals surface area contributed by atoms with Crippen LogP contribution in [0.1, 0.15) is 18.9 Å². The average Bonchev–Trinajstić information content (AvgIpc) is 3.51. The van der Waals surface area contributed by atoms with Gasteiger partial charge in [0.1, 0.15) is 0 Å². The summed E-state index contributed by atoms with van der Waals surface area (Å²) in [5.74, 6) is 0.831. The van der Waals surface area contributed by atoms with Crippen molar-refractivity contribution in [3.63, 3.8) is 0 Å². The van der Waals surface area contributed by atoms with Crippen molar-refractivity contribution in [3.8, 4) is 17.4 Å². The van der Waals surface area contributed by atoms with Gasteiger partial charge in [0.15, 0.2) is 0 Å². The van der Waals surface area contributed by atoms with Gasteiger partial charge < -0.3 is 0 Å². The first-order valence-electron chi connectivity index (χ1n) is 9.69. The molecule has 5 heterocycles. The number of nitrogens with zero attached hydrogens (tertiary/aromatic N) is 7. The Morgan fingerprint density at radius 1 is 0.967 bits per heavy atom. The molecule has 5 aromatic rings. The van der Waals surface area contributed by atoms with Crippen LogP contribution >= 0.6 is 0 Å². The summed E-state index contributed by atoms with van der Waals surface area (Å²) in [6, 6.07) is 7.96. The van der Waals surface area contributed by atoms with Gasteiger partial charge in [0.2, 0.25) is 0 Å². The summed E-state index contributed by atoms with van der Waals surface area (Å²) >= 11 is 2.49. The second-order valence-corrected chi connectivity index (χ2v) is 8.06. The van der Waals surface area contributed by atoms with Crippen LogP contribution in [0.25, 0.3) is 39.5 Å². The number of oxazole rings is 1. The van der Waals surface area contributed by atoms with Gasteiger partial charge in [-0.15, -0.1) is 0 Å². The van der Waals surface area contributed by atoms with Crippen molar-refractivity contribution in [3.05, 3.63) is 42.9 Å². The van der Waals surface area contributed by atoms with Gasteiger partial charge in [0, 0.05) is 0 Å². The van der Waals surface area contributed by atoms with Gasteiger partial charge in [-0.3, -0.25) is 0 Å². The molecule has 9 nitrogen and oxygen atoms in total. The van der Waals surface area contributed by atoms with Crippen LogP contribution in [-0.4, -0.2) is 64.6 Å². The molecule has 2 radical (unpaired) electrons. The molecular formula is C20H16AsN7O2. The van der Waals surface area contributed by atoms with E-state index in [0.29, 0.717) is 23.3 Å². The number of hydrogen-bond donors (Lipinski definition) is 0. The van der Waals surface area contributed by atoms with Crippen LogP contribution in [0.15, 0.2) is 47.3 Å². The van der Waals surface area contributed by atoms with Crippen LogP contribution in [-0.2, 0) is 4.74 Å². The van der Waals surface area contributed by atoms with Crippen LogP contribution in [0, 0.1) is 0 Å². The Labute approximate surface area is 179 Å². The van der Waals surface area contributed by atoms with Crippen molar-refractivity contribution in [1.82, 2.24) is 34.5 Å². The second-order valence-electron chi connectivity index (χ2n) is 7.17. The molecule has 1 saturated heterocycles. The van der Waals surface area contributed by atoms with Gasteiger partial charge in [0.05, 0.1) is 0 Å². The quantitative estimate of drug-likeness (QED) is 0.379. The normalized spacial score (nSPS) is 15.4. The van der Waals surface area contributed by atoms with Gasteiger partial charge in [-0.25, -0.2) is 0 Å². The van der Waals surface area contributed by atoms with Crippen molar-refractivity contribution in [2.24, 2.45) is 0 Å². The minimum atomic E-state index is 0.355. The molecule has 6 rings (SSSR count). The number of hydrogen-bond acceptors (Lipinski definition) is 7. The number of benzene rings is 1. The molecule has 0 bridgehead atoms. The summed E-state index contributed by atoms with van der Waals surface area (Å²) in [5, 5.41) is 9.09. The molecule has 10 heteroatoms. The van der Waals surface area contributed by atoms with E-state index in [1.165, 1.54) is 0 Å². The zero-order valence-corrected chi connectivity index (χ0v) is 17.7. The summed E-state index contributed by atoms with van der Waals surface area (Å²) in [7, 11) is 0. The molecule has 0 N–H and O–H groups in total. The summed E-state index contributed by atoms with van der Waals surface area (Å²) in [6.45, 7) is 1.54. The van der Waals surface area contributed by atoms with Crippen LogP contribution in [0.4, 0.5) is 0 Å². The molecule has 4 aromatic heterocycles. The fourth-order valence-electron chi connectivity index (χ4n) is 3.77. The molecule has 0 amide bonds. The third kappa shape index (κ3) is 2.93. The molecule has 1 aliphatic heterocycles. The molecule has 30 heavy (non-hydrogen) atoms. The Kier molecular flexibility index (Phi) is 4.17. The molecule has 0 unspecified atom stereocenters. The van der Waals surface area contributed by atoms with E-state index in [1.54, 1.807) is 6.20 Å². The topological polar surface area (TPSA) is 96.7 Å². The van der Waals surface area contributed by atoms with Crippen molar-refractivity contribution in [2.75, 3.05) is 13.2 Å². The van der Waals surface area contributed by atoms with Gasteiger partial charge in [-0.05, 0) is 0 Å². The summed E-state index contributed by atoms with van der Waals surface area (Å²) in [6.07, 6.45) is 7.50. The molecule has 1 fully saturated rings. The Morgan fingerprint density at radius 2 is 1.83 bits per heavy atom. The molecule has 0 atom stereocenters. The Morgan fingerprint density at radius 3 is 2.70 bits per heavy atom. The van der Waals surface area contributed by atoms with Gasteiger partial charge in [-0.2, -0.15) is 0 Å². The first-order chi connectivity index (χ1) is 14.8. The number of aromatic nitrogens is 7. The zero-order valence-electron chi connectivity index (χ0n) is 15.8. The molecule has 148 valence electrons. The van der Waals surface area contributed by atoms with Crippen LogP contribution in [0.2, 0.25) is 0 Å². The van der Waals surface area contributed by atoms with E-state index >= 15 is 0 Å². The van der Waals surface area contributed by atoms with Crippen LogP contribution < -0.4 is 4.48 Å². The molecular weight excluding hydrogens is 445 g/mol. The standard InChI is InChI=1S/C20H16AsN7O2/c21-18-17-15(24-19(26-18)20-25-14-3-1-2-4-16(14)30-20)10-23-28(17)13-9-22-27(11-13)12-5-7-29-8-6-12/h1-4,9-12H,5-8H2. The third-order valence-electron chi connectivity index (χ3n) is 5.28. The van der Waals surface area contributed by atoms with E-state index in [1.807, 2.05) is 46.0 Å². The Bertz CT molecular complexity index is 1330. The van der Waals surface area contributed by atoms with Crippen molar-refractivity contribution in [2.45, 2.75) is 18.9 Å². The fourth-order valence-corrected chi connectivity index (χ4v) is 4.41. The van der Waals surface area contributed by atoms with Crippen molar-refractivity contribution in [1.29, 1.82) is 0 Å². The number of rotatable bonds is 3. The molecule has 0 aliphatic carbocycles. The first-order valence-corrected chi connectivity index (χ1v) is 10.6. The minimum absolute atomic E-state index is 0.355. The summed E-state index contributed by atoms with van der Waals surface area (Å²) in [4.78, 5) is 13.8. The van der Waals surface area contributed by atoms with E-state index in [9.17, 15) is 0 Å². The van der Waals surface area contributed by atoms with E-state index in [-0.39, 0.29) is 0 Å². The number of fused-ring (bicyclic) bond motifs is 2. The van der Waals surface area contributed by atoms with E-state index in [0.717, 1.165) is 52.8 Å². The summed E-state index contributed by atoms with van der Waals surface area (Å²) in [5.41, 5.74) is 3.90. The molecule has 1 aromatic carbocycles. The third-order valence-corrected chi connectivity index (χ3v) is 5.94. The predicted octanol–water partition coefficient (Wildman–Crippen LogP) is 1.97. The number of para-hydroxylation sites is 2. The monoisotopic (exact) mass is 461 g/mol. The van der Waals surface area contributed by atoms with Gasteiger partial charge in [-0.1, -0.05) is 0 Å². The summed E-state index contributed by atoms with van der Waals surface area (Å²) < 4.78 is 15.8. The van der Waals surface area contributed by atoms with Crippen molar-refractivity contribution >= 4 is 43.5 Å². The first kappa shape index (κ1) is 17.8. The maximum absolute atomic E-state index is 5.83. The Hall–Kier alpha value is -3.03. The van der Waals surface area contributed by atoms with E-state index < -0.39 is 0 Å². The van der Waals surface area contributed by atoms with Gasteiger partial charge >= 0.3 is 179 Å². The zero-order chi connectivity index (χ0) is 20.1. The van der Waals surface area contributed by atoms with Crippen molar-refractivity contribution < 1.29 is 9.15 Å². The number of ether oxygens (including phenoxy) is 1. The fraction of sp³-hybridized carbons (Fsp3) is 0.250. The molecule has 1 aliphatic rings. The van der Waals surface area contributed by atoms with Crippen LogP contribution in [0.3, 0.4) is 0 Å². The molecule has 0 spiro atoms. The maximum atomic E-state index is 5.83. The second kappa shape index (κ2) is 7.04. The Balaban J connectivity index is 1.40. The average molecular weight is 461 g/mol.